The van der Waals surface area contributed by atoms with E-state index in [1.54, 1.807) is 36.9 Å². The molecule has 36 heavy (non-hydrogen) atoms. The molecule has 1 fully saturated rings. The summed E-state index contributed by atoms with van der Waals surface area (Å²) in [6.07, 6.45) is -0.735. The average molecular weight is 519 g/mol. The molecule has 2 aromatic heterocycles. The van der Waals surface area contributed by atoms with Gasteiger partial charge in [-0.05, 0) is 49.4 Å². The van der Waals surface area contributed by atoms with Crippen LogP contribution >= 0.6 is 11.6 Å². The molecule has 11 heteroatoms. The maximum atomic E-state index is 13.2. The molecule has 1 aliphatic heterocycles. The SMILES string of the molecule is CC(=N)N1CCC(n2ncc(Cl)c2C(=O)Nc2ncc(-c3ccc(CC(F)(F)F)cc3)cc2C)CC1. The summed E-state index contributed by atoms with van der Waals surface area (Å²) >= 11 is 6.32. The Labute approximate surface area is 211 Å². The lowest BCUT2D eigenvalue weighted by atomic mass is 10.0. The van der Waals surface area contributed by atoms with Crippen molar-refractivity contribution in [1.29, 1.82) is 5.41 Å². The maximum absolute atomic E-state index is 13.2. The molecule has 0 atom stereocenters. The number of hydrogen-bond acceptors (Lipinski definition) is 4. The number of piperidine rings is 1. The van der Waals surface area contributed by atoms with Crippen LogP contribution in [0.25, 0.3) is 11.1 Å². The zero-order chi connectivity index (χ0) is 26.0. The van der Waals surface area contributed by atoms with Crippen molar-refractivity contribution >= 4 is 29.2 Å². The van der Waals surface area contributed by atoms with E-state index < -0.39 is 18.5 Å². The number of aromatic nitrogens is 3. The minimum absolute atomic E-state index is 0.00870. The molecule has 1 amide bonds. The third kappa shape index (κ3) is 5.87. The Hall–Kier alpha value is -3.40. The molecular weight excluding hydrogens is 493 g/mol. The number of amidine groups is 1. The van der Waals surface area contributed by atoms with Crippen LogP contribution in [0.5, 0.6) is 0 Å². The topological polar surface area (TPSA) is 86.9 Å². The Morgan fingerprint density at radius 1 is 1.17 bits per heavy atom. The first-order valence-electron chi connectivity index (χ1n) is 11.5. The highest BCUT2D eigenvalue weighted by Gasteiger charge is 2.28. The number of carbonyl (C=O) groups is 1. The van der Waals surface area contributed by atoms with Crippen molar-refractivity contribution in [2.24, 2.45) is 0 Å². The van der Waals surface area contributed by atoms with Crippen LogP contribution < -0.4 is 5.32 Å². The number of amides is 1. The van der Waals surface area contributed by atoms with Gasteiger partial charge in [0, 0.05) is 24.8 Å². The van der Waals surface area contributed by atoms with E-state index in [2.05, 4.69) is 15.4 Å². The van der Waals surface area contributed by atoms with E-state index in [1.807, 2.05) is 11.0 Å². The molecule has 2 N–H and O–H groups in total. The number of nitrogens with one attached hydrogen (secondary N) is 2. The predicted molar refractivity (Wildman–Crippen MR) is 133 cm³/mol. The van der Waals surface area contributed by atoms with Crippen molar-refractivity contribution < 1.29 is 18.0 Å². The zero-order valence-corrected chi connectivity index (χ0v) is 20.6. The summed E-state index contributed by atoms with van der Waals surface area (Å²) in [5.74, 6) is 0.450. The fourth-order valence-corrected chi connectivity index (χ4v) is 4.57. The molecule has 0 bridgehead atoms. The highest BCUT2D eigenvalue weighted by atomic mass is 35.5. The van der Waals surface area contributed by atoms with Gasteiger partial charge in [0.25, 0.3) is 5.91 Å². The smallest absolute Gasteiger partial charge is 0.361 e. The highest BCUT2D eigenvalue weighted by molar-refractivity contribution is 6.34. The largest absolute Gasteiger partial charge is 0.393 e. The van der Waals surface area contributed by atoms with Gasteiger partial charge in [-0.3, -0.25) is 14.9 Å². The average Bonchev–Trinajstić information content (AvgIpc) is 3.21. The first kappa shape index (κ1) is 25.7. The summed E-state index contributed by atoms with van der Waals surface area (Å²) in [7, 11) is 0. The van der Waals surface area contributed by atoms with E-state index in [0.717, 1.165) is 24.0 Å². The molecule has 0 radical (unpaired) electrons. The Morgan fingerprint density at radius 2 is 1.83 bits per heavy atom. The number of anilines is 1. The fraction of sp³-hybridized carbons (Fsp3) is 0.360. The standard InChI is InChI=1S/C25H26ClF3N6O/c1-15-11-19(18-5-3-17(4-6-18)12-25(27,28)29)13-31-23(15)33-24(36)22-21(26)14-32-35(22)20-7-9-34(10-8-20)16(2)30/h3-6,11,13-14,20,30H,7-10,12H2,1-2H3,(H,31,33,36). The summed E-state index contributed by atoms with van der Waals surface area (Å²) in [4.78, 5) is 19.5. The molecule has 1 aliphatic rings. The van der Waals surface area contributed by atoms with Gasteiger partial charge in [0.2, 0.25) is 0 Å². The van der Waals surface area contributed by atoms with Crippen LogP contribution in [0.2, 0.25) is 5.02 Å². The van der Waals surface area contributed by atoms with Crippen LogP contribution in [0, 0.1) is 12.3 Å². The lowest BCUT2D eigenvalue weighted by Crippen LogP contribution is -2.38. The van der Waals surface area contributed by atoms with Crippen molar-refractivity contribution in [3.63, 3.8) is 0 Å². The van der Waals surface area contributed by atoms with E-state index in [0.29, 0.717) is 30.3 Å². The third-order valence-corrected chi connectivity index (χ3v) is 6.53. The molecular formula is C25H26ClF3N6O. The molecule has 0 unspecified atom stereocenters. The number of alkyl halides is 3. The van der Waals surface area contributed by atoms with Crippen molar-refractivity contribution in [2.75, 3.05) is 18.4 Å². The van der Waals surface area contributed by atoms with Crippen LogP contribution in [0.1, 0.15) is 47.4 Å². The predicted octanol–water partition coefficient (Wildman–Crippen LogP) is 5.90. The molecule has 0 spiro atoms. The van der Waals surface area contributed by atoms with Gasteiger partial charge in [-0.15, -0.1) is 0 Å². The number of rotatable bonds is 5. The number of likely N-dealkylation sites (tertiary alicyclic amines) is 1. The van der Waals surface area contributed by atoms with Gasteiger partial charge in [-0.1, -0.05) is 35.9 Å². The van der Waals surface area contributed by atoms with E-state index >= 15 is 0 Å². The summed E-state index contributed by atoms with van der Waals surface area (Å²) in [5.41, 5.74) is 2.58. The third-order valence-electron chi connectivity index (χ3n) is 6.25. The summed E-state index contributed by atoms with van der Waals surface area (Å²) in [5, 5.41) is 15.2. The number of hydrogen-bond donors (Lipinski definition) is 2. The highest BCUT2D eigenvalue weighted by Crippen LogP contribution is 2.29. The first-order valence-corrected chi connectivity index (χ1v) is 11.9. The molecule has 1 aromatic carbocycles. The number of carbonyl (C=O) groups excluding carboxylic acids is 1. The second-order valence-corrected chi connectivity index (χ2v) is 9.33. The van der Waals surface area contributed by atoms with Crippen LogP contribution in [0.15, 0.2) is 42.7 Å². The van der Waals surface area contributed by atoms with E-state index in [4.69, 9.17) is 17.0 Å². The van der Waals surface area contributed by atoms with Gasteiger partial charge >= 0.3 is 6.18 Å². The van der Waals surface area contributed by atoms with Gasteiger partial charge in [-0.2, -0.15) is 18.3 Å². The molecule has 4 rings (SSSR count). The van der Waals surface area contributed by atoms with E-state index in [-0.39, 0.29) is 22.3 Å². The number of nitrogens with zero attached hydrogens (tertiary/aromatic N) is 4. The van der Waals surface area contributed by atoms with Gasteiger partial charge in [0.05, 0.1) is 29.5 Å². The van der Waals surface area contributed by atoms with Crippen molar-refractivity contribution in [2.45, 2.75) is 45.3 Å². The molecule has 3 aromatic rings. The minimum atomic E-state index is -4.26. The van der Waals surface area contributed by atoms with Gasteiger partial charge in [0.1, 0.15) is 11.5 Å². The van der Waals surface area contributed by atoms with Gasteiger partial charge in [0.15, 0.2) is 0 Å². The molecule has 190 valence electrons. The number of benzene rings is 1. The second-order valence-electron chi connectivity index (χ2n) is 8.92. The first-order chi connectivity index (χ1) is 17.0. The van der Waals surface area contributed by atoms with Crippen molar-refractivity contribution in [3.8, 4) is 11.1 Å². The van der Waals surface area contributed by atoms with Crippen LogP contribution in [0.4, 0.5) is 19.0 Å². The summed E-state index contributed by atoms with van der Waals surface area (Å²) in [6.45, 7) is 4.96. The fourth-order valence-electron chi connectivity index (χ4n) is 4.35. The van der Waals surface area contributed by atoms with Crippen LogP contribution in [-0.4, -0.2) is 50.7 Å². The number of halogens is 4. The molecule has 3 heterocycles. The molecule has 0 aliphatic carbocycles. The number of pyridine rings is 1. The zero-order valence-electron chi connectivity index (χ0n) is 19.9. The normalized spacial score (nSPS) is 14.7. The quantitative estimate of drug-likeness (QED) is 0.325. The number of aryl methyl sites for hydroxylation is 1. The van der Waals surface area contributed by atoms with E-state index in [1.165, 1.54) is 18.3 Å². The van der Waals surface area contributed by atoms with Crippen molar-refractivity contribution in [3.05, 3.63) is 64.6 Å². The van der Waals surface area contributed by atoms with Gasteiger partial charge in [-0.25, -0.2) is 4.98 Å². The maximum Gasteiger partial charge on any atom is 0.393 e. The summed E-state index contributed by atoms with van der Waals surface area (Å²) in [6, 6.07) is 7.95. The Bertz CT molecular complexity index is 1260. The van der Waals surface area contributed by atoms with E-state index in [9.17, 15) is 18.0 Å². The van der Waals surface area contributed by atoms with Gasteiger partial charge < -0.3 is 10.2 Å². The molecule has 0 saturated carbocycles. The molecule has 1 saturated heterocycles. The molecule has 7 nitrogen and oxygen atoms in total. The second kappa shape index (κ2) is 10.3. The van der Waals surface area contributed by atoms with Crippen LogP contribution in [0.3, 0.4) is 0 Å². The minimum Gasteiger partial charge on any atom is -0.361 e. The lowest BCUT2D eigenvalue weighted by Gasteiger charge is -2.33. The van der Waals surface area contributed by atoms with Crippen LogP contribution in [-0.2, 0) is 6.42 Å². The van der Waals surface area contributed by atoms with Crippen molar-refractivity contribution in [1.82, 2.24) is 19.7 Å². The lowest BCUT2D eigenvalue weighted by molar-refractivity contribution is -0.127. The Balaban J connectivity index is 1.48. The Morgan fingerprint density at radius 3 is 2.42 bits per heavy atom. The monoisotopic (exact) mass is 518 g/mol. The summed E-state index contributed by atoms with van der Waals surface area (Å²) < 4.78 is 39.5. The Kier molecular flexibility index (Phi) is 7.35.